The van der Waals surface area contributed by atoms with E-state index in [0.29, 0.717) is 12.0 Å². The minimum Gasteiger partial charge on any atom is -0.384 e. The number of rotatable bonds is 8. The summed E-state index contributed by atoms with van der Waals surface area (Å²) >= 11 is 0. The Hall–Kier alpha value is -0.870. The summed E-state index contributed by atoms with van der Waals surface area (Å²) < 4.78 is 5.22. The Labute approximate surface area is 123 Å². The molecule has 20 heavy (non-hydrogen) atoms. The van der Waals surface area contributed by atoms with Crippen LogP contribution in [0.2, 0.25) is 0 Å². The summed E-state index contributed by atoms with van der Waals surface area (Å²) in [5.41, 5.74) is 0. The smallest absolute Gasteiger partial charge is 0.227 e. The van der Waals surface area contributed by atoms with Gasteiger partial charge in [-0.05, 0) is 33.2 Å². The molecule has 0 radical (unpaired) electrons. The second-order valence-corrected chi connectivity index (χ2v) is 6.01. The molecular formula is C16H30N2O2. The molecule has 0 aromatic rings. The van der Waals surface area contributed by atoms with Crippen molar-refractivity contribution in [3.63, 3.8) is 0 Å². The van der Waals surface area contributed by atoms with Crippen LogP contribution in [-0.2, 0) is 9.53 Å². The van der Waals surface area contributed by atoms with E-state index in [0.717, 1.165) is 32.5 Å². The van der Waals surface area contributed by atoms with E-state index in [4.69, 9.17) is 4.74 Å². The fourth-order valence-electron chi connectivity index (χ4n) is 2.87. The van der Waals surface area contributed by atoms with Gasteiger partial charge >= 0.3 is 0 Å². The van der Waals surface area contributed by atoms with Gasteiger partial charge < -0.3 is 15.0 Å². The van der Waals surface area contributed by atoms with Crippen molar-refractivity contribution in [2.45, 2.75) is 45.7 Å². The van der Waals surface area contributed by atoms with Crippen LogP contribution in [0.4, 0.5) is 0 Å². The number of carbonyl (C=O) groups is 1. The van der Waals surface area contributed by atoms with E-state index in [1.54, 1.807) is 7.11 Å². The molecule has 0 aliphatic carbocycles. The lowest BCUT2D eigenvalue weighted by atomic mass is 10.0. The number of hydrogen-bond donors (Lipinski definition) is 1. The maximum atomic E-state index is 12.6. The quantitative estimate of drug-likeness (QED) is 0.547. The number of nitrogens with one attached hydrogen (secondary N) is 1. The molecule has 1 fully saturated rings. The first kappa shape index (κ1) is 17.2. The number of ether oxygens (including phenoxy) is 1. The summed E-state index contributed by atoms with van der Waals surface area (Å²) in [6, 6.07) is 0.515. The molecule has 4 heteroatoms. The van der Waals surface area contributed by atoms with E-state index in [2.05, 4.69) is 25.7 Å². The van der Waals surface area contributed by atoms with E-state index in [1.807, 2.05) is 17.9 Å². The fourth-order valence-corrected chi connectivity index (χ4v) is 2.87. The minimum atomic E-state index is 0.00330. The summed E-state index contributed by atoms with van der Waals surface area (Å²) in [6.07, 6.45) is 3.87. The predicted molar refractivity (Wildman–Crippen MR) is 82.6 cm³/mol. The molecule has 0 aromatic carbocycles. The number of nitrogens with zero attached hydrogens (tertiary/aromatic N) is 1. The van der Waals surface area contributed by atoms with Crippen LogP contribution < -0.4 is 5.32 Å². The van der Waals surface area contributed by atoms with Gasteiger partial charge in [0.1, 0.15) is 0 Å². The molecule has 4 nitrogen and oxygen atoms in total. The SMILES string of the molecule is C=CCCNC(C)C(C)C(=O)N1CC(COC)C[C@H]1C. The van der Waals surface area contributed by atoms with Crippen LogP contribution in [0.25, 0.3) is 0 Å². The highest BCUT2D eigenvalue weighted by atomic mass is 16.5. The molecule has 1 heterocycles. The standard InChI is InChI=1S/C16H30N2O2/c1-6-7-8-17-14(4)13(3)16(19)18-10-15(11-20-5)9-12(18)2/h6,12-15,17H,1,7-11H2,2-5H3/t12-,13?,14?,15?/m1/s1. The average molecular weight is 282 g/mol. The minimum absolute atomic E-state index is 0.00330. The monoisotopic (exact) mass is 282 g/mol. The Morgan fingerprint density at radius 2 is 2.25 bits per heavy atom. The molecule has 1 saturated heterocycles. The predicted octanol–water partition coefficient (Wildman–Crippen LogP) is 2.06. The van der Waals surface area contributed by atoms with E-state index in [-0.39, 0.29) is 17.9 Å². The Bertz CT molecular complexity index is 320. The molecule has 1 aliphatic rings. The highest BCUT2D eigenvalue weighted by Crippen LogP contribution is 2.25. The first-order valence-corrected chi connectivity index (χ1v) is 7.64. The molecule has 3 unspecified atom stereocenters. The normalized spacial score (nSPS) is 25.5. The van der Waals surface area contributed by atoms with Crippen LogP contribution in [0.1, 0.15) is 33.6 Å². The van der Waals surface area contributed by atoms with Crippen LogP contribution >= 0.6 is 0 Å². The van der Waals surface area contributed by atoms with Gasteiger partial charge in [-0.2, -0.15) is 0 Å². The zero-order chi connectivity index (χ0) is 15.1. The third-order valence-electron chi connectivity index (χ3n) is 4.30. The molecule has 1 amide bonds. The van der Waals surface area contributed by atoms with Gasteiger partial charge in [0, 0.05) is 31.7 Å². The lowest BCUT2D eigenvalue weighted by Gasteiger charge is -2.28. The first-order chi connectivity index (χ1) is 9.51. The fraction of sp³-hybridized carbons (Fsp3) is 0.812. The molecule has 0 spiro atoms. The highest BCUT2D eigenvalue weighted by Gasteiger charge is 2.35. The Morgan fingerprint density at radius 1 is 1.55 bits per heavy atom. The second kappa shape index (κ2) is 8.42. The molecule has 0 aromatic heterocycles. The van der Waals surface area contributed by atoms with Crippen LogP contribution in [0.3, 0.4) is 0 Å². The van der Waals surface area contributed by atoms with Gasteiger partial charge in [0.15, 0.2) is 0 Å². The van der Waals surface area contributed by atoms with Gasteiger partial charge in [-0.1, -0.05) is 13.0 Å². The van der Waals surface area contributed by atoms with Gasteiger partial charge in [0.05, 0.1) is 12.5 Å². The summed E-state index contributed by atoms with van der Waals surface area (Å²) in [4.78, 5) is 14.6. The van der Waals surface area contributed by atoms with Gasteiger partial charge in [-0.15, -0.1) is 6.58 Å². The number of likely N-dealkylation sites (tertiary alicyclic amines) is 1. The van der Waals surface area contributed by atoms with Crippen LogP contribution in [0.15, 0.2) is 12.7 Å². The maximum Gasteiger partial charge on any atom is 0.227 e. The Balaban J connectivity index is 2.49. The van der Waals surface area contributed by atoms with E-state index in [9.17, 15) is 4.79 Å². The van der Waals surface area contributed by atoms with Crippen LogP contribution in [0.5, 0.6) is 0 Å². The molecule has 116 valence electrons. The molecule has 1 rings (SSSR count). The largest absolute Gasteiger partial charge is 0.384 e. The topological polar surface area (TPSA) is 41.6 Å². The third kappa shape index (κ3) is 4.60. The molecule has 1 aliphatic heterocycles. The van der Waals surface area contributed by atoms with Gasteiger partial charge in [0.2, 0.25) is 5.91 Å². The van der Waals surface area contributed by atoms with Crippen molar-refractivity contribution in [1.29, 1.82) is 0 Å². The average Bonchev–Trinajstić information content (AvgIpc) is 2.78. The van der Waals surface area contributed by atoms with Crippen molar-refractivity contribution in [3.8, 4) is 0 Å². The van der Waals surface area contributed by atoms with Gasteiger partial charge in [0.25, 0.3) is 0 Å². The number of hydrogen-bond acceptors (Lipinski definition) is 3. The lowest BCUT2D eigenvalue weighted by molar-refractivity contribution is -0.136. The van der Waals surface area contributed by atoms with Crippen LogP contribution in [-0.4, -0.2) is 49.7 Å². The molecule has 0 saturated carbocycles. The molecule has 4 atom stereocenters. The Kier molecular flexibility index (Phi) is 7.24. The van der Waals surface area contributed by atoms with Crippen molar-refractivity contribution in [2.75, 3.05) is 26.8 Å². The number of methoxy groups -OCH3 is 1. The first-order valence-electron chi connectivity index (χ1n) is 7.64. The van der Waals surface area contributed by atoms with E-state index in [1.165, 1.54) is 0 Å². The van der Waals surface area contributed by atoms with Crippen molar-refractivity contribution in [3.05, 3.63) is 12.7 Å². The number of carbonyl (C=O) groups excluding carboxylic acids is 1. The van der Waals surface area contributed by atoms with Crippen molar-refractivity contribution >= 4 is 5.91 Å². The molecule has 0 bridgehead atoms. The highest BCUT2D eigenvalue weighted by molar-refractivity contribution is 5.79. The zero-order valence-electron chi connectivity index (χ0n) is 13.4. The third-order valence-corrected chi connectivity index (χ3v) is 4.30. The van der Waals surface area contributed by atoms with Crippen molar-refractivity contribution in [1.82, 2.24) is 10.2 Å². The zero-order valence-corrected chi connectivity index (χ0v) is 13.4. The summed E-state index contributed by atoms with van der Waals surface area (Å²) in [7, 11) is 1.73. The van der Waals surface area contributed by atoms with Gasteiger partial charge in [-0.25, -0.2) is 0 Å². The molecule has 1 N–H and O–H groups in total. The summed E-state index contributed by atoms with van der Waals surface area (Å²) in [6.45, 7) is 12.4. The maximum absolute atomic E-state index is 12.6. The summed E-state index contributed by atoms with van der Waals surface area (Å²) in [5, 5.41) is 3.40. The van der Waals surface area contributed by atoms with Gasteiger partial charge in [-0.3, -0.25) is 4.79 Å². The summed E-state index contributed by atoms with van der Waals surface area (Å²) in [5.74, 6) is 0.744. The Morgan fingerprint density at radius 3 is 2.85 bits per heavy atom. The lowest BCUT2D eigenvalue weighted by Crippen LogP contribution is -2.45. The van der Waals surface area contributed by atoms with E-state index < -0.39 is 0 Å². The second-order valence-electron chi connectivity index (χ2n) is 6.01. The molecular weight excluding hydrogens is 252 g/mol. The van der Waals surface area contributed by atoms with Crippen molar-refractivity contribution < 1.29 is 9.53 Å². The van der Waals surface area contributed by atoms with E-state index >= 15 is 0 Å². The number of amides is 1. The van der Waals surface area contributed by atoms with Crippen LogP contribution in [0, 0.1) is 11.8 Å². The van der Waals surface area contributed by atoms with Crippen molar-refractivity contribution in [2.24, 2.45) is 11.8 Å².